The van der Waals surface area contributed by atoms with Crippen LogP contribution >= 0.6 is 0 Å². The van der Waals surface area contributed by atoms with Crippen LogP contribution in [0.25, 0.3) is 0 Å². The molecule has 0 unspecified atom stereocenters. The Kier molecular flexibility index (Phi) is 3.47. The van der Waals surface area contributed by atoms with Crippen molar-refractivity contribution in [3.8, 4) is 0 Å². The molecule has 1 fully saturated rings. The van der Waals surface area contributed by atoms with Crippen molar-refractivity contribution in [1.82, 2.24) is 9.97 Å². The number of anilines is 2. The predicted octanol–water partition coefficient (Wildman–Crippen LogP) is 1.40. The largest absolute Gasteiger partial charge is 0.396 e. The van der Waals surface area contributed by atoms with Gasteiger partial charge in [0.15, 0.2) is 0 Å². The molecule has 1 heterocycles. The highest BCUT2D eigenvalue weighted by Gasteiger charge is 2.41. The molecule has 0 aliphatic heterocycles. The van der Waals surface area contributed by atoms with Crippen molar-refractivity contribution in [2.45, 2.75) is 26.7 Å². The maximum atomic E-state index is 9.26. The van der Waals surface area contributed by atoms with Gasteiger partial charge in [-0.25, -0.2) is 9.97 Å². The molecule has 0 saturated heterocycles. The highest BCUT2D eigenvalue weighted by molar-refractivity contribution is 5.56. The van der Waals surface area contributed by atoms with Gasteiger partial charge in [-0.15, -0.1) is 0 Å². The van der Waals surface area contributed by atoms with Gasteiger partial charge >= 0.3 is 0 Å². The van der Waals surface area contributed by atoms with Gasteiger partial charge in [0.05, 0.1) is 6.61 Å². The molecule has 0 spiro atoms. The van der Waals surface area contributed by atoms with E-state index in [1.165, 1.54) is 0 Å². The maximum absolute atomic E-state index is 9.26. The average Bonchev–Trinajstić information content (AvgIpc) is 3.11. The van der Waals surface area contributed by atoms with E-state index in [-0.39, 0.29) is 12.0 Å². The SMILES string of the molecule is CCNc1ncnc(NCC2(CO)CC2)c1C. The Hall–Kier alpha value is -1.36. The van der Waals surface area contributed by atoms with E-state index in [1.54, 1.807) is 6.33 Å². The van der Waals surface area contributed by atoms with E-state index in [0.717, 1.165) is 43.1 Å². The minimum absolute atomic E-state index is 0.0930. The number of hydrogen-bond acceptors (Lipinski definition) is 5. The minimum Gasteiger partial charge on any atom is -0.396 e. The third-order valence-electron chi connectivity index (χ3n) is 3.35. The van der Waals surface area contributed by atoms with Crippen LogP contribution in [0.1, 0.15) is 25.3 Å². The molecular formula is C12H20N4O. The Balaban J connectivity index is 2.03. The summed E-state index contributed by atoms with van der Waals surface area (Å²) < 4.78 is 0. The van der Waals surface area contributed by atoms with Gasteiger partial charge in [0, 0.05) is 24.1 Å². The van der Waals surface area contributed by atoms with Gasteiger partial charge < -0.3 is 15.7 Å². The maximum Gasteiger partial charge on any atom is 0.134 e. The first-order valence-corrected chi connectivity index (χ1v) is 6.11. The molecule has 94 valence electrons. The molecule has 0 bridgehead atoms. The number of aliphatic hydroxyl groups is 1. The first kappa shape index (κ1) is 12.1. The molecular weight excluding hydrogens is 216 g/mol. The summed E-state index contributed by atoms with van der Waals surface area (Å²) in [5.74, 6) is 1.73. The predicted molar refractivity (Wildman–Crippen MR) is 68.2 cm³/mol. The van der Waals surface area contributed by atoms with E-state index in [4.69, 9.17) is 0 Å². The Bertz CT molecular complexity index is 390. The first-order valence-electron chi connectivity index (χ1n) is 6.11. The summed E-state index contributed by atoms with van der Waals surface area (Å²) in [5.41, 5.74) is 1.12. The fourth-order valence-electron chi connectivity index (χ4n) is 1.81. The molecule has 1 aliphatic carbocycles. The van der Waals surface area contributed by atoms with Crippen molar-refractivity contribution in [2.24, 2.45) is 5.41 Å². The van der Waals surface area contributed by atoms with Crippen molar-refractivity contribution in [3.05, 3.63) is 11.9 Å². The van der Waals surface area contributed by atoms with E-state index in [9.17, 15) is 5.11 Å². The number of aliphatic hydroxyl groups excluding tert-OH is 1. The van der Waals surface area contributed by atoms with Crippen LogP contribution in [0.4, 0.5) is 11.6 Å². The quantitative estimate of drug-likeness (QED) is 0.696. The summed E-state index contributed by atoms with van der Waals surface area (Å²) in [4.78, 5) is 8.44. The summed E-state index contributed by atoms with van der Waals surface area (Å²) >= 11 is 0. The summed E-state index contributed by atoms with van der Waals surface area (Å²) in [6.07, 6.45) is 3.76. The molecule has 0 atom stereocenters. The van der Waals surface area contributed by atoms with Gasteiger partial charge in [0.2, 0.25) is 0 Å². The molecule has 2 rings (SSSR count). The lowest BCUT2D eigenvalue weighted by Gasteiger charge is -2.16. The van der Waals surface area contributed by atoms with Crippen LogP contribution in [-0.4, -0.2) is 34.8 Å². The van der Waals surface area contributed by atoms with Crippen LogP contribution in [-0.2, 0) is 0 Å². The minimum atomic E-state index is 0.0930. The van der Waals surface area contributed by atoms with E-state index >= 15 is 0 Å². The van der Waals surface area contributed by atoms with Crippen molar-refractivity contribution in [3.63, 3.8) is 0 Å². The first-order chi connectivity index (χ1) is 8.21. The van der Waals surface area contributed by atoms with E-state index in [1.807, 2.05) is 13.8 Å². The molecule has 3 N–H and O–H groups in total. The molecule has 1 aromatic heterocycles. The molecule has 5 heteroatoms. The molecule has 0 amide bonds. The number of nitrogens with one attached hydrogen (secondary N) is 2. The fraction of sp³-hybridized carbons (Fsp3) is 0.667. The highest BCUT2D eigenvalue weighted by Crippen LogP contribution is 2.44. The Morgan fingerprint density at radius 3 is 2.47 bits per heavy atom. The van der Waals surface area contributed by atoms with Gasteiger partial charge in [-0.2, -0.15) is 0 Å². The topological polar surface area (TPSA) is 70.1 Å². The fourth-order valence-corrected chi connectivity index (χ4v) is 1.81. The zero-order valence-corrected chi connectivity index (χ0v) is 10.5. The normalized spacial score (nSPS) is 16.6. The van der Waals surface area contributed by atoms with Crippen LogP contribution in [0.2, 0.25) is 0 Å². The lowest BCUT2D eigenvalue weighted by atomic mass is 10.1. The zero-order valence-electron chi connectivity index (χ0n) is 10.5. The average molecular weight is 236 g/mol. The second-order valence-electron chi connectivity index (χ2n) is 4.74. The molecule has 0 aromatic carbocycles. The van der Waals surface area contributed by atoms with Crippen LogP contribution in [0.5, 0.6) is 0 Å². The van der Waals surface area contributed by atoms with Gasteiger partial charge in [-0.1, -0.05) is 0 Å². The number of aromatic nitrogens is 2. The monoisotopic (exact) mass is 236 g/mol. The van der Waals surface area contributed by atoms with Crippen LogP contribution in [0, 0.1) is 12.3 Å². The molecule has 1 saturated carbocycles. The smallest absolute Gasteiger partial charge is 0.134 e. The lowest BCUT2D eigenvalue weighted by molar-refractivity contribution is 0.219. The summed E-state index contributed by atoms with van der Waals surface area (Å²) in [6.45, 7) is 5.92. The lowest BCUT2D eigenvalue weighted by Crippen LogP contribution is -2.20. The van der Waals surface area contributed by atoms with Gasteiger partial charge in [0.25, 0.3) is 0 Å². The summed E-state index contributed by atoms with van der Waals surface area (Å²) in [6, 6.07) is 0. The highest BCUT2D eigenvalue weighted by atomic mass is 16.3. The van der Waals surface area contributed by atoms with Crippen molar-refractivity contribution in [2.75, 3.05) is 30.3 Å². The molecule has 1 aromatic rings. The van der Waals surface area contributed by atoms with E-state index in [2.05, 4.69) is 20.6 Å². The summed E-state index contributed by atoms with van der Waals surface area (Å²) in [5, 5.41) is 15.8. The van der Waals surface area contributed by atoms with Crippen molar-refractivity contribution >= 4 is 11.6 Å². The number of rotatable bonds is 6. The van der Waals surface area contributed by atoms with Crippen LogP contribution in [0.3, 0.4) is 0 Å². The number of hydrogen-bond donors (Lipinski definition) is 3. The molecule has 0 radical (unpaired) electrons. The summed E-state index contributed by atoms with van der Waals surface area (Å²) in [7, 11) is 0. The second kappa shape index (κ2) is 4.87. The van der Waals surface area contributed by atoms with E-state index < -0.39 is 0 Å². The van der Waals surface area contributed by atoms with Crippen LogP contribution < -0.4 is 10.6 Å². The Morgan fingerprint density at radius 1 is 1.29 bits per heavy atom. The molecule has 1 aliphatic rings. The standard InChI is InChI=1S/C12H20N4O/c1-3-13-10-9(2)11(16-8-15-10)14-6-12(7-17)4-5-12/h8,17H,3-7H2,1-2H3,(H2,13,14,15,16). The van der Waals surface area contributed by atoms with E-state index in [0.29, 0.717) is 0 Å². The number of nitrogens with zero attached hydrogens (tertiary/aromatic N) is 2. The Labute approximate surface area is 102 Å². The van der Waals surface area contributed by atoms with Gasteiger partial charge in [-0.05, 0) is 26.7 Å². The molecule has 5 nitrogen and oxygen atoms in total. The third kappa shape index (κ3) is 2.66. The molecule has 17 heavy (non-hydrogen) atoms. The van der Waals surface area contributed by atoms with Crippen molar-refractivity contribution < 1.29 is 5.11 Å². The zero-order chi connectivity index (χ0) is 12.3. The van der Waals surface area contributed by atoms with Gasteiger partial charge in [-0.3, -0.25) is 0 Å². The second-order valence-corrected chi connectivity index (χ2v) is 4.74. The van der Waals surface area contributed by atoms with Crippen molar-refractivity contribution in [1.29, 1.82) is 0 Å². The van der Waals surface area contributed by atoms with Gasteiger partial charge in [0.1, 0.15) is 18.0 Å². The third-order valence-corrected chi connectivity index (χ3v) is 3.35. The van der Waals surface area contributed by atoms with Crippen LogP contribution in [0.15, 0.2) is 6.33 Å². The Morgan fingerprint density at radius 2 is 1.94 bits per heavy atom.